The zero-order chi connectivity index (χ0) is 15.5. The van der Waals surface area contributed by atoms with Crippen LogP contribution in [-0.4, -0.2) is 4.92 Å². The van der Waals surface area contributed by atoms with Crippen LogP contribution in [-0.2, 0) is 12.7 Å². The minimum absolute atomic E-state index is 0.0306. The van der Waals surface area contributed by atoms with Crippen molar-refractivity contribution in [3.05, 3.63) is 69.8 Å². The molecule has 0 aliphatic rings. The SMILES string of the molecule is O=[N+]([O-])c1ccccc1CNc1ccc(C(F)(F)F)cc1. The number of hydrogen-bond acceptors (Lipinski definition) is 3. The van der Waals surface area contributed by atoms with E-state index >= 15 is 0 Å². The van der Waals surface area contributed by atoms with E-state index in [2.05, 4.69) is 5.32 Å². The number of hydrogen-bond donors (Lipinski definition) is 1. The smallest absolute Gasteiger partial charge is 0.381 e. The molecule has 0 aliphatic heterocycles. The maximum atomic E-state index is 12.4. The highest BCUT2D eigenvalue weighted by molar-refractivity contribution is 5.48. The van der Waals surface area contributed by atoms with E-state index in [-0.39, 0.29) is 12.2 Å². The molecule has 0 atom stereocenters. The molecule has 0 heterocycles. The Morgan fingerprint density at radius 1 is 1.05 bits per heavy atom. The van der Waals surface area contributed by atoms with Crippen molar-refractivity contribution in [2.24, 2.45) is 0 Å². The van der Waals surface area contributed by atoms with Crippen LogP contribution >= 0.6 is 0 Å². The lowest BCUT2D eigenvalue weighted by Gasteiger charge is -2.09. The molecule has 0 radical (unpaired) electrons. The Balaban J connectivity index is 2.09. The molecule has 0 saturated carbocycles. The third-order valence-electron chi connectivity index (χ3n) is 2.88. The lowest BCUT2D eigenvalue weighted by molar-refractivity contribution is -0.385. The fourth-order valence-corrected chi connectivity index (χ4v) is 1.81. The highest BCUT2D eigenvalue weighted by Crippen LogP contribution is 2.30. The van der Waals surface area contributed by atoms with Crippen molar-refractivity contribution in [2.45, 2.75) is 12.7 Å². The number of nitro groups is 1. The quantitative estimate of drug-likeness (QED) is 0.678. The lowest BCUT2D eigenvalue weighted by atomic mass is 10.1. The second-order valence-electron chi connectivity index (χ2n) is 4.31. The van der Waals surface area contributed by atoms with Crippen molar-refractivity contribution in [3.8, 4) is 0 Å². The Bertz CT molecular complexity index is 639. The molecule has 110 valence electrons. The number of nitro benzene ring substituents is 1. The van der Waals surface area contributed by atoms with Gasteiger partial charge in [0.15, 0.2) is 0 Å². The van der Waals surface area contributed by atoms with E-state index in [0.29, 0.717) is 11.3 Å². The van der Waals surface area contributed by atoms with Crippen molar-refractivity contribution < 1.29 is 18.1 Å². The summed E-state index contributed by atoms with van der Waals surface area (Å²) in [6, 6.07) is 10.7. The van der Waals surface area contributed by atoms with Crippen molar-refractivity contribution in [1.82, 2.24) is 0 Å². The van der Waals surface area contributed by atoms with Crippen LogP contribution in [0.5, 0.6) is 0 Å². The van der Waals surface area contributed by atoms with Gasteiger partial charge >= 0.3 is 6.18 Å². The van der Waals surface area contributed by atoms with Crippen LogP contribution < -0.4 is 5.32 Å². The standard InChI is InChI=1S/C14H11F3N2O2/c15-14(16,17)11-5-7-12(8-6-11)18-9-10-3-1-2-4-13(10)19(20)21/h1-8,18H,9H2. The maximum Gasteiger partial charge on any atom is 0.416 e. The fourth-order valence-electron chi connectivity index (χ4n) is 1.81. The summed E-state index contributed by atoms with van der Waals surface area (Å²) < 4.78 is 37.3. The summed E-state index contributed by atoms with van der Waals surface area (Å²) >= 11 is 0. The van der Waals surface area contributed by atoms with Gasteiger partial charge in [-0.1, -0.05) is 18.2 Å². The topological polar surface area (TPSA) is 55.2 Å². The monoisotopic (exact) mass is 296 g/mol. The average Bonchev–Trinajstić information content (AvgIpc) is 2.45. The van der Waals surface area contributed by atoms with Gasteiger partial charge in [-0.2, -0.15) is 13.2 Å². The summed E-state index contributed by atoms with van der Waals surface area (Å²) in [5, 5.41) is 13.7. The second-order valence-corrected chi connectivity index (χ2v) is 4.31. The molecule has 0 bridgehead atoms. The Kier molecular flexibility index (Phi) is 4.11. The van der Waals surface area contributed by atoms with E-state index in [1.54, 1.807) is 18.2 Å². The molecule has 4 nitrogen and oxygen atoms in total. The number of nitrogens with zero attached hydrogens (tertiary/aromatic N) is 1. The highest BCUT2D eigenvalue weighted by Gasteiger charge is 2.29. The number of alkyl halides is 3. The molecule has 2 aromatic carbocycles. The van der Waals surface area contributed by atoms with Gasteiger partial charge in [0.05, 0.1) is 10.5 Å². The predicted octanol–water partition coefficient (Wildman–Crippen LogP) is 4.23. The third kappa shape index (κ3) is 3.71. The van der Waals surface area contributed by atoms with Gasteiger partial charge in [-0.05, 0) is 24.3 Å². The van der Waals surface area contributed by atoms with E-state index in [1.807, 2.05) is 0 Å². The van der Waals surface area contributed by atoms with E-state index in [4.69, 9.17) is 0 Å². The average molecular weight is 296 g/mol. The number of nitrogens with one attached hydrogen (secondary N) is 1. The summed E-state index contributed by atoms with van der Waals surface area (Å²) in [6.45, 7) is 0.155. The lowest BCUT2D eigenvalue weighted by Crippen LogP contribution is -2.06. The molecule has 7 heteroatoms. The van der Waals surface area contributed by atoms with E-state index in [9.17, 15) is 23.3 Å². The minimum atomic E-state index is -4.38. The largest absolute Gasteiger partial charge is 0.416 e. The number of rotatable bonds is 4. The van der Waals surface area contributed by atoms with Crippen LogP contribution in [0.2, 0.25) is 0 Å². The van der Waals surface area contributed by atoms with Crippen molar-refractivity contribution in [2.75, 3.05) is 5.32 Å². The minimum Gasteiger partial charge on any atom is -0.381 e. The molecule has 0 spiro atoms. The van der Waals surface area contributed by atoms with E-state index < -0.39 is 16.7 Å². The highest BCUT2D eigenvalue weighted by atomic mass is 19.4. The van der Waals surface area contributed by atoms with Crippen LogP contribution in [0.1, 0.15) is 11.1 Å². The normalized spacial score (nSPS) is 11.2. The first kappa shape index (κ1) is 14.8. The van der Waals surface area contributed by atoms with Gasteiger partial charge in [-0.15, -0.1) is 0 Å². The van der Waals surface area contributed by atoms with Gasteiger partial charge in [0.2, 0.25) is 0 Å². The van der Waals surface area contributed by atoms with Crippen molar-refractivity contribution in [1.29, 1.82) is 0 Å². The molecule has 1 N–H and O–H groups in total. The molecule has 0 unspecified atom stereocenters. The van der Waals surface area contributed by atoms with E-state index in [1.165, 1.54) is 18.2 Å². The van der Waals surface area contributed by atoms with Crippen LogP contribution in [0.25, 0.3) is 0 Å². The summed E-state index contributed by atoms with van der Waals surface area (Å²) in [6.07, 6.45) is -4.38. The summed E-state index contributed by atoms with van der Waals surface area (Å²) in [7, 11) is 0. The van der Waals surface area contributed by atoms with Gasteiger partial charge in [0, 0.05) is 23.9 Å². The molecule has 0 fully saturated rings. The van der Waals surface area contributed by atoms with Gasteiger partial charge < -0.3 is 5.32 Å². The first-order chi connectivity index (χ1) is 9.88. The van der Waals surface area contributed by atoms with Gasteiger partial charge in [-0.3, -0.25) is 10.1 Å². The number of para-hydroxylation sites is 1. The number of halogens is 3. The number of benzene rings is 2. The van der Waals surface area contributed by atoms with E-state index in [0.717, 1.165) is 12.1 Å². The first-order valence-corrected chi connectivity index (χ1v) is 6.01. The summed E-state index contributed by atoms with van der Waals surface area (Å²) in [5.74, 6) is 0. The first-order valence-electron chi connectivity index (χ1n) is 6.01. The van der Waals surface area contributed by atoms with Crippen LogP contribution in [0, 0.1) is 10.1 Å². The Labute approximate surface area is 118 Å². The molecule has 0 saturated heterocycles. The maximum absolute atomic E-state index is 12.4. The second kappa shape index (κ2) is 5.82. The Morgan fingerprint density at radius 3 is 2.24 bits per heavy atom. The predicted molar refractivity (Wildman–Crippen MR) is 71.9 cm³/mol. The molecule has 0 amide bonds. The molecule has 2 rings (SSSR count). The van der Waals surface area contributed by atoms with Crippen LogP contribution in [0.15, 0.2) is 48.5 Å². The summed E-state index contributed by atoms with van der Waals surface area (Å²) in [5.41, 5.74) is 0.152. The van der Waals surface area contributed by atoms with Crippen LogP contribution in [0.3, 0.4) is 0 Å². The third-order valence-corrected chi connectivity index (χ3v) is 2.88. The van der Waals surface area contributed by atoms with Crippen LogP contribution in [0.4, 0.5) is 24.5 Å². The molecule has 21 heavy (non-hydrogen) atoms. The van der Waals surface area contributed by atoms with Crippen molar-refractivity contribution in [3.63, 3.8) is 0 Å². The summed E-state index contributed by atoms with van der Waals surface area (Å²) in [4.78, 5) is 10.3. The fraction of sp³-hybridized carbons (Fsp3) is 0.143. The van der Waals surface area contributed by atoms with Gasteiger partial charge in [0.1, 0.15) is 0 Å². The number of anilines is 1. The molecule has 2 aromatic rings. The molecular formula is C14H11F3N2O2. The molecular weight excluding hydrogens is 285 g/mol. The molecule has 0 aliphatic carbocycles. The van der Waals surface area contributed by atoms with Gasteiger partial charge in [-0.25, -0.2) is 0 Å². The zero-order valence-corrected chi connectivity index (χ0v) is 10.7. The molecule has 0 aromatic heterocycles. The Morgan fingerprint density at radius 2 is 1.67 bits per heavy atom. The Hall–Kier alpha value is -2.57. The van der Waals surface area contributed by atoms with Gasteiger partial charge in [0.25, 0.3) is 5.69 Å². The zero-order valence-electron chi connectivity index (χ0n) is 10.7. The van der Waals surface area contributed by atoms with Crippen molar-refractivity contribution >= 4 is 11.4 Å².